The van der Waals surface area contributed by atoms with E-state index >= 15 is 0 Å². The molecule has 5 nitrogen and oxygen atoms in total. The summed E-state index contributed by atoms with van der Waals surface area (Å²) in [4.78, 5) is 2.32. The molecule has 0 radical (unpaired) electrons. The molecule has 1 N–H and O–H groups in total. The van der Waals surface area contributed by atoms with Crippen LogP contribution in [-0.2, 0) is 11.3 Å². The molecule has 0 aromatic carbocycles. The molecule has 0 saturated carbocycles. The van der Waals surface area contributed by atoms with Gasteiger partial charge in [-0.1, -0.05) is 6.92 Å². The van der Waals surface area contributed by atoms with Crippen LogP contribution in [0.2, 0.25) is 0 Å². The van der Waals surface area contributed by atoms with Crippen LogP contribution in [0.1, 0.15) is 46.7 Å². The first kappa shape index (κ1) is 16.2. The molecule has 0 aliphatic carbocycles. The molecule has 1 aromatic rings. The number of hydrogen-bond acceptors (Lipinski definition) is 5. The third-order valence-corrected chi connectivity index (χ3v) is 3.74. The minimum Gasteiger partial charge on any atom is -0.375 e. The average molecular weight is 292 g/mol. The number of ether oxygens (including phenoxy) is 1. The number of anilines is 1. The van der Waals surface area contributed by atoms with E-state index in [1.165, 1.54) is 0 Å². The van der Waals surface area contributed by atoms with E-state index in [1.54, 1.807) is 0 Å². The monoisotopic (exact) mass is 292 g/mol. The summed E-state index contributed by atoms with van der Waals surface area (Å²) in [5.74, 6) is 0.955. The molecule has 0 bridgehead atoms. The van der Waals surface area contributed by atoms with Gasteiger partial charge in [0.15, 0.2) is 5.82 Å². The van der Waals surface area contributed by atoms with Gasteiger partial charge in [0, 0.05) is 18.6 Å². The molecule has 1 aliphatic rings. The lowest BCUT2D eigenvalue weighted by Crippen LogP contribution is -2.49. The summed E-state index contributed by atoms with van der Waals surface area (Å²) in [6.07, 6.45) is 1.30. The fourth-order valence-corrected chi connectivity index (χ4v) is 2.42. The molecule has 5 heteroatoms. The molecule has 2 atom stereocenters. The van der Waals surface area contributed by atoms with Crippen molar-refractivity contribution in [2.75, 3.05) is 18.1 Å². The van der Waals surface area contributed by atoms with Crippen LogP contribution in [-0.4, -0.2) is 41.0 Å². The predicted molar refractivity (Wildman–Crippen MR) is 85.5 cm³/mol. The molecule has 1 aromatic heterocycles. The zero-order valence-corrected chi connectivity index (χ0v) is 13.9. The number of hydrogen-bond donors (Lipinski definition) is 1. The summed E-state index contributed by atoms with van der Waals surface area (Å²) in [7, 11) is 0. The van der Waals surface area contributed by atoms with Crippen molar-refractivity contribution in [1.82, 2.24) is 15.5 Å². The van der Waals surface area contributed by atoms with Crippen molar-refractivity contribution in [1.29, 1.82) is 0 Å². The molecular formula is C16H28N4O. The van der Waals surface area contributed by atoms with Crippen molar-refractivity contribution in [2.24, 2.45) is 0 Å². The molecule has 2 unspecified atom stereocenters. The van der Waals surface area contributed by atoms with Crippen molar-refractivity contribution < 1.29 is 4.74 Å². The average Bonchev–Trinajstić information content (AvgIpc) is 2.45. The maximum Gasteiger partial charge on any atom is 0.151 e. The number of nitrogens with zero attached hydrogens (tertiary/aromatic N) is 3. The highest BCUT2D eigenvalue weighted by Crippen LogP contribution is 2.21. The Labute approximate surface area is 128 Å². The second-order valence-electron chi connectivity index (χ2n) is 6.84. The molecule has 0 spiro atoms. The van der Waals surface area contributed by atoms with Gasteiger partial charge in [-0.25, -0.2) is 0 Å². The van der Waals surface area contributed by atoms with E-state index < -0.39 is 0 Å². The summed E-state index contributed by atoms with van der Waals surface area (Å²) in [6.45, 7) is 13.1. The summed E-state index contributed by atoms with van der Waals surface area (Å²) >= 11 is 0. The summed E-state index contributed by atoms with van der Waals surface area (Å²) in [6, 6.07) is 4.54. The Balaban J connectivity index is 2.03. The van der Waals surface area contributed by atoms with E-state index in [0.717, 1.165) is 37.6 Å². The highest BCUT2D eigenvalue weighted by atomic mass is 16.5. The van der Waals surface area contributed by atoms with Crippen molar-refractivity contribution >= 4 is 5.82 Å². The molecular weight excluding hydrogens is 264 g/mol. The first-order chi connectivity index (χ1) is 9.89. The fourth-order valence-electron chi connectivity index (χ4n) is 2.42. The summed E-state index contributed by atoms with van der Waals surface area (Å²) < 4.78 is 5.73. The third-order valence-electron chi connectivity index (χ3n) is 3.74. The van der Waals surface area contributed by atoms with Gasteiger partial charge in [0.2, 0.25) is 0 Å². The quantitative estimate of drug-likeness (QED) is 0.923. The second-order valence-corrected chi connectivity index (χ2v) is 6.84. The van der Waals surface area contributed by atoms with Crippen LogP contribution < -0.4 is 10.2 Å². The Bertz CT molecular complexity index is 441. The van der Waals surface area contributed by atoms with Gasteiger partial charge in [-0.3, -0.25) is 0 Å². The van der Waals surface area contributed by atoms with Gasteiger partial charge < -0.3 is 15.0 Å². The first-order valence-electron chi connectivity index (χ1n) is 7.85. The zero-order valence-electron chi connectivity index (χ0n) is 13.9. The topological polar surface area (TPSA) is 50.3 Å². The maximum absolute atomic E-state index is 5.73. The number of morpholine rings is 1. The van der Waals surface area contributed by atoms with Crippen LogP contribution in [0.4, 0.5) is 5.82 Å². The second kappa shape index (κ2) is 6.71. The number of rotatable bonds is 4. The van der Waals surface area contributed by atoms with Crippen LogP contribution in [0.5, 0.6) is 0 Å². The Morgan fingerprint density at radius 2 is 2.10 bits per heavy atom. The SMILES string of the molecule is CCC1COC(C)CN1c1ccc(CNC(C)(C)C)nn1. The van der Waals surface area contributed by atoms with E-state index in [2.05, 4.69) is 67.2 Å². The van der Waals surface area contributed by atoms with E-state index in [0.29, 0.717) is 6.04 Å². The lowest BCUT2D eigenvalue weighted by atomic mass is 10.1. The van der Waals surface area contributed by atoms with Crippen molar-refractivity contribution in [3.63, 3.8) is 0 Å². The number of aromatic nitrogens is 2. The van der Waals surface area contributed by atoms with Gasteiger partial charge in [0.1, 0.15) is 0 Å². The van der Waals surface area contributed by atoms with Gasteiger partial charge in [-0.05, 0) is 46.2 Å². The Morgan fingerprint density at radius 3 is 2.67 bits per heavy atom. The van der Waals surface area contributed by atoms with Gasteiger partial charge in [-0.15, -0.1) is 5.10 Å². The van der Waals surface area contributed by atoms with Crippen LogP contribution in [0.3, 0.4) is 0 Å². The smallest absolute Gasteiger partial charge is 0.151 e. The van der Waals surface area contributed by atoms with Crippen molar-refractivity contribution in [3.05, 3.63) is 17.8 Å². The Kier molecular flexibility index (Phi) is 5.17. The van der Waals surface area contributed by atoms with Crippen molar-refractivity contribution in [3.8, 4) is 0 Å². The molecule has 2 heterocycles. The fraction of sp³-hybridized carbons (Fsp3) is 0.750. The van der Waals surface area contributed by atoms with Crippen molar-refractivity contribution in [2.45, 2.75) is 65.3 Å². The van der Waals surface area contributed by atoms with Crippen LogP contribution >= 0.6 is 0 Å². The molecule has 1 fully saturated rings. The van der Waals surface area contributed by atoms with Gasteiger partial charge in [0.25, 0.3) is 0 Å². The van der Waals surface area contributed by atoms with E-state index in [9.17, 15) is 0 Å². The standard InChI is InChI=1S/C16H28N4O/c1-6-14-11-21-12(2)10-20(14)15-8-7-13(18-19-15)9-17-16(3,4)5/h7-8,12,14,17H,6,9-11H2,1-5H3. The van der Waals surface area contributed by atoms with Crippen LogP contribution in [0, 0.1) is 0 Å². The van der Waals surface area contributed by atoms with Gasteiger partial charge in [-0.2, -0.15) is 5.10 Å². The van der Waals surface area contributed by atoms with E-state index in [-0.39, 0.29) is 11.6 Å². The Morgan fingerprint density at radius 1 is 1.33 bits per heavy atom. The van der Waals surface area contributed by atoms with E-state index in [4.69, 9.17) is 4.74 Å². The van der Waals surface area contributed by atoms with E-state index in [1.807, 2.05) is 0 Å². The molecule has 1 aliphatic heterocycles. The lowest BCUT2D eigenvalue weighted by Gasteiger charge is -2.38. The largest absolute Gasteiger partial charge is 0.375 e. The zero-order chi connectivity index (χ0) is 15.5. The summed E-state index contributed by atoms with van der Waals surface area (Å²) in [5.41, 5.74) is 1.07. The van der Waals surface area contributed by atoms with Gasteiger partial charge in [0.05, 0.1) is 24.4 Å². The Hall–Kier alpha value is -1.20. The lowest BCUT2D eigenvalue weighted by molar-refractivity contribution is 0.0295. The van der Waals surface area contributed by atoms with Gasteiger partial charge >= 0.3 is 0 Å². The van der Waals surface area contributed by atoms with Crippen LogP contribution in [0.15, 0.2) is 12.1 Å². The highest BCUT2D eigenvalue weighted by Gasteiger charge is 2.26. The molecule has 1 saturated heterocycles. The number of nitrogens with one attached hydrogen (secondary N) is 1. The molecule has 118 valence electrons. The summed E-state index contributed by atoms with van der Waals surface area (Å²) in [5, 5.41) is 12.2. The minimum atomic E-state index is 0.0906. The molecule has 21 heavy (non-hydrogen) atoms. The predicted octanol–water partition coefficient (Wildman–Crippen LogP) is 2.37. The third kappa shape index (κ3) is 4.64. The molecule has 0 amide bonds. The van der Waals surface area contributed by atoms with Crippen LogP contribution in [0.25, 0.3) is 0 Å². The highest BCUT2D eigenvalue weighted by molar-refractivity contribution is 5.39. The first-order valence-corrected chi connectivity index (χ1v) is 7.85. The minimum absolute atomic E-state index is 0.0906. The normalized spacial score (nSPS) is 23.4. The maximum atomic E-state index is 5.73. The molecule has 2 rings (SSSR count).